The van der Waals surface area contributed by atoms with E-state index in [4.69, 9.17) is 4.74 Å². The van der Waals surface area contributed by atoms with Crippen molar-refractivity contribution in [1.29, 1.82) is 0 Å². The van der Waals surface area contributed by atoms with E-state index in [1.807, 2.05) is 19.1 Å². The van der Waals surface area contributed by atoms with Crippen LogP contribution in [0.5, 0.6) is 0 Å². The number of carbonyl (C=O) groups is 1. The molecule has 0 amide bonds. The van der Waals surface area contributed by atoms with Crippen molar-refractivity contribution in [2.24, 2.45) is 0 Å². The number of fused-ring (bicyclic) bond motifs is 1. The Kier molecular flexibility index (Phi) is 5.99. The van der Waals surface area contributed by atoms with Gasteiger partial charge in [0.1, 0.15) is 0 Å². The number of hydrogen-bond donors (Lipinski definition) is 0. The molecule has 3 aromatic carbocycles. The van der Waals surface area contributed by atoms with Crippen molar-refractivity contribution in [2.75, 3.05) is 6.61 Å². The number of carbonyl (C=O) groups excluding carboxylic acids is 1. The van der Waals surface area contributed by atoms with Crippen LogP contribution in [0.1, 0.15) is 23.7 Å². The molecule has 0 aliphatic carbocycles. The van der Waals surface area contributed by atoms with Gasteiger partial charge in [0.2, 0.25) is 0 Å². The van der Waals surface area contributed by atoms with Gasteiger partial charge in [0.15, 0.2) is 0 Å². The first-order valence-electron chi connectivity index (χ1n) is 10.5. The summed E-state index contributed by atoms with van der Waals surface area (Å²) in [5, 5.41) is 1.13. The zero-order valence-electron chi connectivity index (χ0n) is 17.6. The van der Waals surface area contributed by atoms with E-state index in [2.05, 4.69) is 78.2 Å². The van der Waals surface area contributed by atoms with Gasteiger partial charge in [0.25, 0.3) is 0 Å². The summed E-state index contributed by atoms with van der Waals surface area (Å²) in [6.45, 7) is 5.24. The third kappa shape index (κ3) is 4.16. The fourth-order valence-electron chi connectivity index (χ4n) is 4.12. The summed E-state index contributed by atoms with van der Waals surface area (Å²) < 4.78 is 7.59. The number of nitrogens with zero attached hydrogens (tertiary/aromatic N) is 1. The summed E-state index contributed by atoms with van der Waals surface area (Å²) in [5.74, 6) is -0.173. The number of rotatable bonds is 7. The van der Waals surface area contributed by atoms with E-state index in [1.54, 1.807) is 0 Å². The average molecular weight is 398 g/mol. The van der Waals surface area contributed by atoms with Crippen molar-refractivity contribution in [1.82, 2.24) is 4.57 Å². The Morgan fingerprint density at radius 2 is 1.60 bits per heavy atom. The molecule has 0 saturated carbocycles. The lowest BCUT2D eigenvalue weighted by Gasteiger charge is -2.09. The smallest absolute Gasteiger partial charge is 0.310 e. The highest BCUT2D eigenvalue weighted by atomic mass is 16.5. The number of esters is 1. The second-order valence-corrected chi connectivity index (χ2v) is 7.53. The Labute approximate surface area is 177 Å². The van der Waals surface area contributed by atoms with Gasteiger partial charge in [0.05, 0.1) is 13.0 Å². The van der Waals surface area contributed by atoms with Crippen LogP contribution < -0.4 is 0 Å². The van der Waals surface area contributed by atoms with Crippen LogP contribution in [0, 0.1) is 6.92 Å². The second-order valence-electron chi connectivity index (χ2n) is 7.53. The molecule has 0 saturated heterocycles. The summed E-state index contributed by atoms with van der Waals surface area (Å²) in [4.78, 5) is 12.3. The van der Waals surface area contributed by atoms with Crippen LogP contribution in [-0.4, -0.2) is 17.1 Å². The molecule has 0 unspecified atom stereocenters. The lowest BCUT2D eigenvalue weighted by atomic mass is 10.0. The molecule has 0 spiro atoms. The second kappa shape index (κ2) is 9.00. The topological polar surface area (TPSA) is 31.2 Å². The Bertz CT molecular complexity index is 1140. The lowest BCUT2D eigenvalue weighted by Crippen LogP contribution is -2.09. The summed E-state index contributed by atoms with van der Waals surface area (Å²) >= 11 is 0. The number of hydrogen-bond acceptors (Lipinski definition) is 2. The largest absolute Gasteiger partial charge is 0.466 e. The minimum Gasteiger partial charge on any atom is -0.466 e. The molecule has 0 fully saturated rings. The van der Waals surface area contributed by atoms with Crippen LogP contribution in [0.3, 0.4) is 0 Å². The van der Waals surface area contributed by atoms with Crippen LogP contribution in [0.4, 0.5) is 0 Å². The molecular weight excluding hydrogens is 370 g/mol. The summed E-state index contributed by atoms with van der Waals surface area (Å²) in [6, 6.07) is 27.5. The highest BCUT2D eigenvalue weighted by Crippen LogP contribution is 2.31. The lowest BCUT2D eigenvalue weighted by molar-refractivity contribution is -0.142. The van der Waals surface area contributed by atoms with E-state index in [-0.39, 0.29) is 5.97 Å². The minimum atomic E-state index is -0.173. The van der Waals surface area contributed by atoms with Crippen LogP contribution in [0.2, 0.25) is 0 Å². The van der Waals surface area contributed by atoms with E-state index in [1.165, 1.54) is 16.6 Å². The molecule has 4 rings (SSSR count). The molecular formula is C27H27NO2. The fraction of sp³-hybridized carbons (Fsp3) is 0.222. The highest BCUT2D eigenvalue weighted by molar-refractivity contribution is 5.92. The molecule has 4 aromatic rings. The van der Waals surface area contributed by atoms with E-state index in [0.717, 1.165) is 35.2 Å². The van der Waals surface area contributed by atoms with Gasteiger partial charge in [-0.2, -0.15) is 0 Å². The summed E-state index contributed by atoms with van der Waals surface area (Å²) in [7, 11) is 0. The van der Waals surface area contributed by atoms with Gasteiger partial charge in [-0.3, -0.25) is 4.79 Å². The van der Waals surface area contributed by atoms with Crippen LogP contribution in [0.25, 0.3) is 22.0 Å². The van der Waals surface area contributed by atoms with Crippen molar-refractivity contribution in [3.8, 4) is 11.1 Å². The predicted octanol–water partition coefficient (Wildman–Crippen LogP) is 5.97. The molecule has 152 valence electrons. The zero-order valence-corrected chi connectivity index (χ0v) is 17.6. The SMILES string of the molecule is CCOC(=O)Cc1c(C)n(CCc2ccccc2)c2ccc(-c3ccccc3)cc12. The zero-order chi connectivity index (χ0) is 20.9. The van der Waals surface area contributed by atoms with Crippen molar-refractivity contribution >= 4 is 16.9 Å². The maximum Gasteiger partial charge on any atom is 0.310 e. The quantitative estimate of drug-likeness (QED) is 0.360. The number of aryl methyl sites for hydroxylation is 2. The molecule has 0 radical (unpaired) electrons. The number of aromatic nitrogens is 1. The van der Waals surface area contributed by atoms with Gasteiger partial charge in [-0.05, 0) is 54.7 Å². The normalized spacial score (nSPS) is 11.0. The first-order chi connectivity index (χ1) is 14.7. The van der Waals surface area contributed by atoms with Gasteiger partial charge in [-0.15, -0.1) is 0 Å². The maximum atomic E-state index is 12.3. The molecule has 0 bridgehead atoms. The molecule has 3 heteroatoms. The Morgan fingerprint density at radius 1 is 0.900 bits per heavy atom. The molecule has 30 heavy (non-hydrogen) atoms. The predicted molar refractivity (Wildman–Crippen MR) is 123 cm³/mol. The van der Waals surface area contributed by atoms with Gasteiger partial charge in [-0.25, -0.2) is 0 Å². The minimum absolute atomic E-state index is 0.173. The van der Waals surface area contributed by atoms with Crippen LogP contribution in [-0.2, 0) is 28.9 Å². The standard InChI is InChI=1S/C27H27NO2/c1-3-30-27(29)19-24-20(2)28(17-16-21-10-6-4-7-11-21)26-15-14-23(18-25(24)26)22-12-8-5-9-13-22/h4-15,18H,3,16-17,19H2,1-2H3. The first-order valence-corrected chi connectivity index (χ1v) is 10.5. The van der Waals surface area contributed by atoms with Gasteiger partial charge in [0, 0.05) is 23.1 Å². The monoisotopic (exact) mass is 397 g/mol. The number of benzene rings is 3. The third-order valence-corrected chi connectivity index (χ3v) is 5.65. The molecule has 0 atom stereocenters. The maximum absolute atomic E-state index is 12.3. The summed E-state index contributed by atoms with van der Waals surface area (Å²) in [6.07, 6.45) is 1.25. The number of ether oxygens (including phenoxy) is 1. The van der Waals surface area contributed by atoms with E-state index in [0.29, 0.717) is 13.0 Å². The Balaban J connectivity index is 1.76. The van der Waals surface area contributed by atoms with Gasteiger partial charge < -0.3 is 9.30 Å². The summed E-state index contributed by atoms with van der Waals surface area (Å²) in [5.41, 5.74) is 7.02. The van der Waals surface area contributed by atoms with Gasteiger partial charge >= 0.3 is 5.97 Å². The molecule has 0 aliphatic heterocycles. The van der Waals surface area contributed by atoms with E-state index in [9.17, 15) is 4.79 Å². The molecule has 3 nitrogen and oxygen atoms in total. The first kappa shape index (κ1) is 20.0. The van der Waals surface area contributed by atoms with Crippen molar-refractivity contribution in [3.63, 3.8) is 0 Å². The van der Waals surface area contributed by atoms with E-state index >= 15 is 0 Å². The molecule has 1 aromatic heterocycles. The average Bonchev–Trinajstić information content (AvgIpc) is 3.04. The van der Waals surface area contributed by atoms with Gasteiger partial charge in [-0.1, -0.05) is 66.7 Å². The van der Waals surface area contributed by atoms with Crippen molar-refractivity contribution in [3.05, 3.63) is 95.7 Å². The Hall–Kier alpha value is -3.33. The molecule has 0 aliphatic rings. The highest BCUT2D eigenvalue weighted by Gasteiger charge is 2.18. The molecule has 0 N–H and O–H groups in total. The van der Waals surface area contributed by atoms with Crippen molar-refractivity contribution < 1.29 is 9.53 Å². The van der Waals surface area contributed by atoms with Crippen molar-refractivity contribution in [2.45, 2.75) is 33.2 Å². The van der Waals surface area contributed by atoms with Crippen LogP contribution in [0.15, 0.2) is 78.9 Å². The Morgan fingerprint density at radius 3 is 2.30 bits per heavy atom. The third-order valence-electron chi connectivity index (χ3n) is 5.65. The van der Waals surface area contributed by atoms with Crippen LogP contribution >= 0.6 is 0 Å². The van der Waals surface area contributed by atoms with E-state index < -0.39 is 0 Å². The fourth-order valence-corrected chi connectivity index (χ4v) is 4.12. The molecule has 1 heterocycles.